The van der Waals surface area contributed by atoms with E-state index in [1.165, 1.54) is 34.7 Å². The number of aryl methyl sites for hydroxylation is 3. The average molecular weight is 361 g/mol. The lowest BCUT2D eigenvalue weighted by Crippen LogP contribution is -2.28. The highest BCUT2D eigenvalue weighted by Crippen LogP contribution is 2.34. The van der Waals surface area contributed by atoms with Crippen molar-refractivity contribution in [2.75, 3.05) is 32.1 Å². The molecule has 0 spiro atoms. The van der Waals surface area contributed by atoms with Gasteiger partial charge in [-0.05, 0) is 56.7 Å². The molecular formula is C19H28N4OS. The van der Waals surface area contributed by atoms with E-state index < -0.39 is 0 Å². The van der Waals surface area contributed by atoms with Crippen LogP contribution >= 0.6 is 11.3 Å². The van der Waals surface area contributed by atoms with Crippen molar-refractivity contribution < 1.29 is 4.79 Å². The number of hydrogen-bond acceptors (Lipinski definition) is 4. The van der Waals surface area contributed by atoms with Crippen LogP contribution in [0.4, 0.5) is 5.00 Å². The summed E-state index contributed by atoms with van der Waals surface area (Å²) in [5.41, 5.74) is 4.83. The van der Waals surface area contributed by atoms with Gasteiger partial charge < -0.3 is 9.80 Å². The lowest BCUT2D eigenvalue weighted by Gasteiger charge is -2.17. The second-order valence-corrected chi connectivity index (χ2v) is 8.10. The standard InChI is InChI=1S/C19H28N4OS/c1-13-16(14(2)23(5)20-13)9-11-21(3)18(24)17-12-15-8-6-7-10-22(4)19(15)25-17/h12H,6-11H2,1-5H3. The molecule has 0 bridgehead atoms. The van der Waals surface area contributed by atoms with Crippen LogP contribution < -0.4 is 4.90 Å². The van der Waals surface area contributed by atoms with Gasteiger partial charge in [-0.1, -0.05) is 0 Å². The Kier molecular flexibility index (Phi) is 5.18. The topological polar surface area (TPSA) is 41.4 Å². The van der Waals surface area contributed by atoms with E-state index in [2.05, 4.69) is 30.0 Å². The zero-order valence-corrected chi connectivity index (χ0v) is 16.7. The second-order valence-electron chi connectivity index (χ2n) is 7.07. The maximum absolute atomic E-state index is 12.8. The summed E-state index contributed by atoms with van der Waals surface area (Å²) in [4.78, 5) is 17.9. The summed E-state index contributed by atoms with van der Waals surface area (Å²) in [5, 5.41) is 5.73. The van der Waals surface area contributed by atoms with Gasteiger partial charge >= 0.3 is 0 Å². The minimum atomic E-state index is 0.130. The van der Waals surface area contributed by atoms with E-state index in [0.717, 1.165) is 30.0 Å². The molecule has 0 radical (unpaired) electrons. The first kappa shape index (κ1) is 18.0. The lowest BCUT2D eigenvalue weighted by atomic mass is 10.1. The van der Waals surface area contributed by atoms with Crippen LogP contribution in [0.25, 0.3) is 0 Å². The Labute approximate surface area is 154 Å². The molecule has 0 aromatic carbocycles. The van der Waals surface area contributed by atoms with E-state index in [1.54, 1.807) is 11.3 Å². The van der Waals surface area contributed by atoms with E-state index in [9.17, 15) is 4.79 Å². The quantitative estimate of drug-likeness (QED) is 0.841. The van der Waals surface area contributed by atoms with Gasteiger partial charge in [-0.15, -0.1) is 11.3 Å². The van der Waals surface area contributed by atoms with Crippen LogP contribution in [-0.2, 0) is 19.9 Å². The fraction of sp³-hybridized carbons (Fsp3) is 0.579. The van der Waals surface area contributed by atoms with Gasteiger partial charge in [-0.2, -0.15) is 5.10 Å². The Morgan fingerprint density at radius 3 is 2.76 bits per heavy atom. The fourth-order valence-electron chi connectivity index (χ4n) is 3.54. The SMILES string of the molecule is Cc1nn(C)c(C)c1CCN(C)C(=O)c1cc2c(s1)N(C)CCCC2. The molecule has 0 fully saturated rings. The second kappa shape index (κ2) is 7.20. The van der Waals surface area contributed by atoms with Crippen molar-refractivity contribution in [2.45, 2.75) is 39.5 Å². The lowest BCUT2D eigenvalue weighted by molar-refractivity contribution is 0.0801. The molecule has 3 rings (SSSR count). The van der Waals surface area contributed by atoms with E-state index in [4.69, 9.17) is 0 Å². The number of nitrogens with zero attached hydrogens (tertiary/aromatic N) is 4. The van der Waals surface area contributed by atoms with Crippen molar-refractivity contribution >= 4 is 22.2 Å². The molecule has 0 unspecified atom stereocenters. The molecule has 2 aromatic heterocycles. The van der Waals surface area contributed by atoms with Gasteiger partial charge in [0.15, 0.2) is 0 Å². The Bertz CT molecular complexity index is 777. The molecule has 0 atom stereocenters. The Morgan fingerprint density at radius 2 is 2.08 bits per heavy atom. The average Bonchev–Trinajstić information content (AvgIpc) is 3.05. The van der Waals surface area contributed by atoms with Crippen LogP contribution in [0.3, 0.4) is 0 Å². The molecule has 1 aliphatic heterocycles. The van der Waals surface area contributed by atoms with Crippen LogP contribution in [0, 0.1) is 13.8 Å². The van der Waals surface area contributed by atoms with Gasteiger partial charge in [0.25, 0.3) is 5.91 Å². The molecule has 1 amide bonds. The zero-order valence-electron chi connectivity index (χ0n) is 15.9. The molecule has 3 heterocycles. The highest BCUT2D eigenvalue weighted by molar-refractivity contribution is 7.18. The zero-order chi connectivity index (χ0) is 18.1. The number of likely N-dealkylation sites (N-methyl/N-ethyl adjacent to an activating group) is 1. The van der Waals surface area contributed by atoms with Gasteiger partial charge in [0.05, 0.1) is 15.6 Å². The number of rotatable bonds is 4. The largest absolute Gasteiger partial charge is 0.366 e. The number of fused-ring (bicyclic) bond motifs is 1. The number of amides is 1. The third-order valence-corrected chi connectivity index (χ3v) is 6.52. The molecule has 0 aliphatic carbocycles. The van der Waals surface area contributed by atoms with Crippen LogP contribution in [0.2, 0.25) is 0 Å². The molecular weight excluding hydrogens is 332 g/mol. The van der Waals surface area contributed by atoms with Crippen molar-refractivity contribution in [1.82, 2.24) is 14.7 Å². The summed E-state index contributed by atoms with van der Waals surface area (Å²) in [6, 6.07) is 2.11. The minimum absolute atomic E-state index is 0.130. The molecule has 5 nitrogen and oxygen atoms in total. The molecule has 2 aromatic rings. The van der Waals surface area contributed by atoms with Crippen LogP contribution in [0.15, 0.2) is 6.07 Å². The van der Waals surface area contributed by atoms with Crippen molar-refractivity contribution in [1.29, 1.82) is 0 Å². The highest BCUT2D eigenvalue weighted by atomic mass is 32.1. The number of thiophene rings is 1. The third-order valence-electron chi connectivity index (χ3n) is 5.24. The Balaban J connectivity index is 1.69. The summed E-state index contributed by atoms with van der Waals surface area (Å²) in [5.74, 6) is 0.130. The van der Waals surface area contributed by atoms with Gasteiger partial charge in [0.2, 0.25) is 0 Å². The number of hydrogen-bond donors (Lipinski definition) is 0. The molecule has 136 valence electrons. The Morgan fingerprint density at radius 1 is 1.32 bits per heavy atom. The highest BCUT2D eigenvalue weighted by Gasteiger charge is 2.21. The molecule has 0 N–H and O–H groups in total. The summed E-state index contributed by atoms with van der Waals surface area (Å²) in [6.45, 7) is 5.92. The summed E-state index contributed by atoms with van der Waals surface area (Å²) >= 11 is 1.64. The smallest absolute Gasteiger partial charge is 0.263 e. The number of carbonyl (C=O) groups is 1. The van der Waals surface area contributed by atoms with Gasteiger partial charge in [0.1, 0.15) is 0 Å². The predicted octanol–water partition coefficient (Wildman–Crippen LogP) is 3.19. The van der Waals surface area contributed by atoms with Crippen molar-refractivity contribution in [3.8, 4) is 0 Å². The minimum Gasteiger partial charge on any atom is -0.366 e. The molecule has 0 saturated carbocycles. The van der Waals surface area contributed by atoms with Gasteiger partial charge in [-0.25, -0.2) is 0 Å². The van der Waals surface area contributed by atoms with Crippen molar-refractivity contribution in [2.24, 2.45) is 7.05 Å². The number of carbonyl (C=O) groups excluding carboxylic acids is 1. The molecule has 6 heteroatoms. The van der Waals surface area contributed by atoms with E-state index in [-0.39, 0.29) is 5.91 Å². The first-order chi connectivity index (χ1) is 11.9. The van der Waals surface area contributed by atoms with E-state index in [1.807, 2.05) is 30.6 Å². The molecule has 1 aliphatic rings. The van der Waals surface area contributed by atoms with E-state index in [0.29, 0.717) is 6.54 Å². The first-order valence-electron chi connectivity index (χ1n) is 8.97. The molecule has 25 heavy (non-hydrogen) atoms. The van der Waals surface area contributed by atoms with Crippen molar-refractivity contribution in [3.63, 3.8) is 0 Å². The predicted molar refractivity (Wildman–Crippen MR) is 104 cm³/mol. The maximum Gasteiger partial charge on any atom is 0.263 e. The summed E-state index contributed by atoms with van der Waals surface area (Å²) in [6.07, 6.45) is 4.36. The van der Waals surface area contributed by atoms with Gasteiger partial charge in [-0.3, -0.25) is 9.48 Å². The third kappa shape index (κ3) is 3.59. The van der Waals surface area contributed by atoms with Crippen molar-refractivity contribution in [3.05, 3.63) is 33.5 Å². The number of aromatic nitrogens is 2. The fourth-order valence-corrected chi connectivity index (χ4v) is 4.73. The maximum atomic E-state index is 12.8. The van der Waals surface area contributed by atoms with Gasteiger partial charge in [0, 0.05) is 39.9 Å². The monoisotopic (exact) mass is 360 g/mol. The van der Waals surface area contributed by atoms with Crippen LogP contribution in [0.5, 0.6) is 0 Å². The summed E-state index contributed by atoms with van der Waals surface area (Å²) < 4.78 is 1.92. The van der Waals surface area contributed by atoms with Crippen LogP contribution in [-0.4, -0.2) is 47.8 Å². The number of anilines is 1. The normalized spacial score (nSPS) is 14.4. The Hall–Kier alpha value is -1.82. The van der Waals surface area contributed by atoms with E-state index >= 15 is 0 Å². The molecule has 0 saturated heterocycles. The first-order valence-corrected chi connectivity index (χ1v) is 9.78. The summed E-state index contributed by atoms with van der Waals surface area (Å²) in [7, 11) is 6.00. The van der Waals surface area contributed by atoms with Crippen LogP contribution in [0.1, 0.15) is 45.0 Å².